The maximum atomic E-state index is 11.1. The number of aliphatic hydroxyl groups excluding tert-OH is 1. The molecule has 0 aliphatic carbocycles. The van der Waals surface area contributed by atoms with E-state index in [4.69, 9.17) is 15.2 Å². The number of methoxy groups -OCH3 is 1. The zero-order valence-electron chi connectivity index (χ0n) is 14.6. The van der Waals surface area contributed by atoms with Gasteiger partial charge in [0.25, 0.3) is 0 Å². The molecule has 1 amide bonds. The molecule has 0 fully saturated rings. The van der Waals surface area contributed by atoms with E-state index in [0.717, 1.165) is 5.75 Å². The van der Waals surface area contributed by atoms with E-state index in [2.05, 4.69) is 15.4 Å². The van der Waals surface area contributed by atoms with Crippen molar-refractivity contribution in [3.05, 3.63) is 54.1 Å². The number of hydrogen-bond donors (Lipinski definition) is 2. The third-order valence-electron chi connectivity index (χ3n) is 3.76. The molecule has 0 aliphatic heterocycles. The van der Waals surface area contributed by atoms with Crippen molar-refractivity contribution >= 4 is 5.91 Å². The number of aliphatic hydroxyl groups is 1. The molecule has 27 heavy (non-hydrogen) atoms. The summed E-state index contributed by atoms with van der Waals surface area (Å²) in [6, 6.07) is 13.6. The van der Waals surface area contributed by atoms with Gasteiger partial charge in [-0.15, -0.1) is 10.2 Å². The molecule has 0 saturated carbocycles. The zero-order valence-corrected chi connectivity index (χ0v) is 14.6. The van der Waals surface area contributed by atoms with Crippen LogP contribution in [-0.4, -0.2) is 51.0 Å². The van der Waals surface area contributed by atoms with Gasteiger partial charge in [-0.2, -0.15) is 4.80 Å². The first kappa shape index (κ1) is 18.3. The number of tetrazole rings is 1. The minimum atomic E-state index is -0.814. The predicted molar refractivity (Wildman–Crippen MR) is 96.3 cm³/mol. The molecule has 0 radical (unpaired) electrons. The third kappa shape index (κ3) is 4.79. The Kier molecular flexibility index (Phi) is 5.62. The number of amides is 1. The van der Waals surface area contributed by atoms with Crippen LogP contribution in [0.25, 0.3) is 11.4 Å². The number of nitrogens with zero attached hydrogens (tertiary/aromatic N) is 4. The van der Waals surface area contributed by atoms with Crippen molar-refractivity contribution in [1.82, 2.24) is 20.2 Å². The zero-order chi connectivity index (χ0) is 19.2. The van der Waals surface area contributed by atoms with E-state index in [9.17, 15) is 9.90 Å². The van der Waals surface area contributed by atoms with Crippen LogP contribution in [0, 0.1) is 0 Å². The van der Waals surface area contributed by atoms with Gasteiger partial charge in [0, 0.05) is 11.1 Å². The Morgan fingerprint density at radius 2 is 1.81 bits per heavy atom. The van der Waals surface area contributed by atoms with E-state index in [0.29, 0.717) is 22.7 Å². The van der Waals surface area contributed by atoms with E-state index in [-0.39, 0.29) is 13.2 Å². The summed E-state index contributed by atoms with van der Waals surface area (Å²) in [5, 5.41) is 22.2. The van der Waals surface area contributed by atoms with Gasteiger partial charge in [-0.05, 0) is 41.6 Å². The highest BCUT2D eigenvalue weighted by Gasteiger charge is 2.12. The van der Waals surface area contributed by atoms with Gasteiger partial charge in [0.2, 0.25) is 11.7 Å². The number of ether oxygens (including phenoxy) is 2. The maximum absolute atomic E-state index is 11.1. The standard InChI is InChI=1S/C18H19N5O4/c1-26-15-6-8-16(9-7-15)27-11-14(24)10-23-21-18(20-22-23)13-4-2-12(3-5-13)17(19)25/h2-9,14,24H,10-11H2,1H3,(H2,19,25)/t14-/m1/s1. The fourth-order valence-corrected chi connectivity index (χ4v) is 2.33. The lowest BCUT2D eigenvalue weighted by atomic mass is 10.1. The molecule has 1 atom stereocenters. The van der Waals surface area contributed by atoms with Crippen LogP contribution in [0.5, 0.6) is 11.5 Å². The number of aromatic nitrogens is 4. The summed E-state index contributed by atoms with van der Waals surface area (Å²) in [7, 11) is 1.59. The lowest BCUT2D eigenvalue weighted by Gasteiger charge is -2.11. The molecule has 9 heteroatoms. The summed E-state index contributed by atoms with van der Waals surface area (Å²) in [4.78, 5) is 12.4. The lowest BCUT2D eigenvalue weighted by molar-refractivity contribution is 0.0849. The molecule has 3 rings (SSSR count). The highest BCUT2D eigenvalue weighted by atomic mass is 16.5. The Balaban J connectivity index is 1.55. The summed E-state index contributed by atoms with van der Waals surface area (Å²) in [6.07, 6.45) is -0.814. The Hall–Kier alpha value is -3.46. The van der Waals surface area contributed by atoms with Crippen LogP contribution in [0.3, 0.4) is 0 Å². The van der Waals surface area contributed by atoms with Crippen LogP contribution in [-0.2, 0) is 6.54 Å². The monoisotopic (exact) mass is 369 g/mol. The summed E-state index contributed by atoms with van der Waals surface area (Å²) >= 11 is 0. The molecule has 3 N–H and O–H groups in total. The Labute approximate surface area is 155 Å². The molecule has 140 valence electrons. The van der Waals surface area contributed by atoms with Gasteiger partial charge in [0.15, 0.2) is 0 Å². The second kappa shape index (κ2) is 8.28. The second-order valence-corrected chi connectivity index (χ2v) is 5.75. The highest BCUT2D eigenvalue weighted by molar-refractivity contribution is 5.93. The van der Waals surface area contributed by atoms with Crippen molar-refractivity contribution < 1.29 is 19.4 Å². The predicted octanol–water partition coefficient (Wildman–Crippen LogP) is 0.887. The van der Waals surface area contributed by atoms with E-state index < -0.39 is 12.0 Å². The fourth-order valence-electron chi connectivity index (χ4n) is 2.33. The second-order valence-electron chi connectivity index (χ2n) is 5.75. The van der Waals surface area contributed by atoms with Gasteiger partial charge in [-0.1, -0.05) is 12.1 Å². The van der Waals surface area contributed by atoms with Crippen LogP contribution < -0.4 is 15.2 Å². The average Bonchev–Trinajstić information content (AvgIpc) is 3.15. The topological polar surface area (TPSA) is 125 Å². The summed E-state index contributed by atoms with van der Waals surface area (Å²) in [5.74, 6) is 1.23. The van der Waals surface area contributed by atoms with Crippen molar-refractivity contribution in [2.75, 3.05) is 13.7 Å². The lowest BCUT2D eigenvalue weighted by Crippen LogP contribution is -2.24. The fraction of sp³-hybridized carbons (Fsp3) is 0.222. The van der Waals surface area contributed by atoms with Crippen LogP contribution in [0.4, 0.5) is 0 Å². The number of benzene rings is 2. The van der Waals surface area contributed by atoms with E-state index in [1.54, 1.807) is 55.6 Å². The Morgan fingerprint density at radius 3 is 2.44 bits per heavy atom. The minimum absolute atomic E-state index is 0.0799. The normalized spacial score (nSPS) is 11.8. The van der Waals surface area contributed by atoms with Gasteiger partial charge >= 0.3 is 0 Å². The molecular weight excluding hydrogens is 350 g/mol. The van der Waals surface area contributed by atoms with Gasteiger partial charge in [0.05, 0.1) is 13.7 Å². The summed E-state index contributed by atoms with van der Waals surface area (Å²) in [6.45, 7) is 0.207. The number of carbonyl (C=O) groups excluding carboxylic acids is 1. The molecule has 1 heterocycles. The number of hydrogen-bond acceptors (Lipinski definition) is 7. The molecule has 9 nitrogen and oxygen atoms in total. The van der Waals surface area contributed by atoms with Gasteiger partial charge in [-0.3, -0.25) is 4.79 Å². The van der Waals surface area contributed by atoms with Crippen LogP contribution >= 0.6 is 0 Å². The smallest absolute Gasteiger partial charge is 0.248 e. The molecule has 2 aromatic carbocycles. The van der Waals surface area contributed by atoms with Gasteiger partial charge < -0.3 is 20.3 Å². The van der Waals surface area contributed by atoms with Crippen LogP contribution in [0.15, 0.2) is 48.5 Å². The Bertz CT molecular complexity index is 893. The quantitative estimate of drug-likeness (QED) is 0.604. The SMILES string of the molecule is COc1ccc(OC[C@H](O)Cn2nnc(-c3ccc(C(N)=O)cc3)n2)cc1. The third-order valence-corrected chi connectivity index (χ3v) is 3.76. The largest absolute Gasteiger partial charge is 0.497 e. The first-order valence-corrected chi connectivity index (χ1v) is 8.18. The Morgan fingerprint density at radius 1 is 1.15 bits per heavy atom. The minimum Gasteiger partial charge on any atom is -0.497 e. The number of nitrogens with two attached hydrogens (primary N) is 1. The number of carbonyl (C=O) groups is 1. The van der Waals surface area contributed by atoms with Crippen molar-refractivity contribution in [3.8, 4) is 22.9 Å². The molecule has 3 aromatic rings. The molecule has 0 spiro atoms. The van der Waals surface area contributed by atoms with Crippen molar-refractivity contribution in [2.45, 2.75) is 12.6 Å². The maximum Gasteiger partial charge on any atom is 0.248 e. The summed E-state index contributed by atoms with van der Waals surface area (Å²) in [5.41, 5.74) is 6.30. The molecule has 0 aliphatic rings. The molecule has 1 aromatic heterocycles. The van der Waals surface area contributed by atoms with Crippen LogP contribution in [0.2, 0.25) is 0 Å². The highest BCUT2D eigenvalue weighted by Crippen LogP contribution is 2.17. The first-order chi connectivity index (χ1) is 13.0. The number of rotatable bonds is 8. The van der Waals surface area contributed by atoms with Crippen LogP contribution in [0.1, 0.15) is 10.4 Å². The average molecular weight is 369 g/mol. The first-order valence-electron chi connectivity index (χ1n) is 8.18. The van der Waals surface area contributed by atoms with E-state index in [1.165, 1.54) is 4.80 Å². The molecule has 0 saturated heterocycles. The van der Waals surface area contributed by atoms with Crippen molar-refractivity contribution in [1.29, 1.82) is 0 Å². The molecule has 0 bridgehead atoms. The van der Waals surface area contributed by atoms with Gasteiger partial charge in [0.1, 0.15) is 24.2 Å². The van der Waals surface area contributed by atoms with Crippen molar-refractivity contribution in [3.63, 3.8) is 0 Å². The summed E-state index contributed by atoms with van der Waals surface area (Å²) < 4.78 is 10.6. The number of primary amides is 1. The van der Waals surface area contributed by atoms with E-state index >= 15 is 0 Å². The van der Waals surface area contributed by atoms with E-state index in [1.807, 2.05) is 0 Å². The molecule has 0 unspecified atom stereocenters. The molecular formula is C18H19N5O4. The van der Waals surface area contributed by atoms with Crippen molar-refractivity contribution in [2.24, 2.45) is 5.73 Å². The van der Waals surface area contributed by atoms with Gasteiger partial charge in [-0.25, -0.2) is 0 Å².